The molecule has 2 N–H and O–H groups in total. The van der Waals surface area contributed by atoms with Gasteiger partial charge in [0.25, 0.3) is 0 Å². The normalized spacial score (nSPS) is 13.4. The average molecular weight is 283 g/mol. The number of nitrogens with zero attached hydrogens (tertiary/aromatic N) is 3. The number of rotatable bonds is 7. The van der Waals surface area contributed by atoms with E-state index in [1.54, 1.807) is 31.2 Å². The molecule has 0 aliphatic rings. The average Bonchev–Trinajstić information content (AvgIpc) is 2.37. The van der Waals surface area contributed by atoms with Crippen molar-refractivity contribution in [3.05, 3.63) is 45.3 Å². The summed E-state index contributed by atoms with van der Waals surface area (Å²) in [6, 6.07) is 7.02. The number of benzene rings is 1. The summed E-state index contributed by atoms with van der Waals surface area (Å²) in [7, 11) is 0. The van der Waals surface area contributed by atoms with Crippen LogP contribution in [0.1, 0.15) is 12.5 Å². The van der Waals surface area contributed by atoms with Gasteiger partial charge >= 0.3 is 5.97 Å². The number of carboxylic acids is 1. The Morgan fingerprint density at radius 3 is 2.68 bits per heavy atom. The van der Waals surface area contributed by atoms with Crippen LogP contribution in [-0.2, 0) is 11.2 Å². The Morgan fingerprint density at radius 2 is 2.16 bits per heavy atom. The van der Waals surface area contributed by atoms with Crippen molar-refractivity contribution in [3.8, 4) is 0 Å². The van der Waals surface area contributed by atoms with Gasteiger partial charge in [-0.25, -0.2) is 0 Å². The first-order chi connectivity index (χ1) is 8.98. The van der Waals surface area contributed by atoms with Gasteiger partial charge in [0.1, 0.15) is 5.54 Å². The van der Waals surface area contributed by atoms with Gasteiger partial charge < -0.3 is 10.4 Å². The van der Waals surface area contributed by atoms with Crippen LogP contribution in [0.25, 0.3) is 10.4 Å². The van der Waals surface area contributed by atoms with Crippen molar-refractivity contribution in [1.82, 2.24) is 5.32 Å². The SMILES string of the molecule is CC(Cc1ccc(Cl)cc1)(NCCN=[N+]=[N-])C(=O)O. The molecule has 0 aliphatic carbocycles. The Balaban J connectivity index is 2.72. The second-order valence-corrected chi connectivity index (χ2v) is 4.76. The van der Waals surface area contributed by atoms with E-state index in [1.165, 1.54) is 0 Å². The molecule has 0 fully saturated rings. The summed E-state index contributed by atoms with van der Waals surface area (Å²) in [5.74, 6) is -0.955. The lowest BCUT2D eigenvalue weighted by Crippen LogP contribution is -2.52. The van der Waals surface area contributed by atoms with E-state index in [1.807, 2.05) is 0 Å². The first kappa shape index (κ1) is 15.3. The number of aliphatic carboxylic acids is 1. The third-order valence-electron chi connectivity index (χ3n) is 2.73. The Labute approximate surface area is 116 Å². The number of azide groups is 1. The number of halogens is 1. The Kier molecular flexibility index (Phi) is 5.63. The fourth-order valence-electron chi connectivity index (χ4n) is 1.65. The van der Waals surface area contributed by atoms with Crippen LogP contribution in [0.15, 0.2) is 29.4 Å². The molecule has 0 spiro atoms. The van der Waals surface area contributed by atoms with Crippen molar-refractivity contribution >= 4 is 17.6 Å². The predicted molar refractivity (Wildman–Crippen MR) is 73.2 cm³/mol. The van der Waals surface area contributed by atoms with Gasteiger partial charge in [0.15, 0.2) is 0 Å². The molecule has 0 bridgehead atoms. The van der Waals surface area contributed by atoms with E-state index < -0.39 is 11.5 Å². The zero-order valence-corrected chi connectivity index (χ0v) is 11.3. The first-order valence-corrected chi connectivity index (χ1v) is 6.09. The molecule has 19 heavy (non-hydrogen) atoms. The summed E-state index contributed by atoms with van der Waals surface area (Å²) in [6.07, 6.45) is 0.315. The van der Waals surface area contributed by atoms with Gasteiger partial charge in [-0.15, -0.1) is 0 Å². The number of hydrogen-bond donors (Lipinski definition) is 2. The molecule has 0 saturated carbocycles. The lowest BCUT2D eigenvalue weighted by molar-refractivity contribution is -0.144. The van der Waals surface area contributed by atoms with Crippen molar-refractivity contribution < 1.29 is 9.90 Å². The Bertz CT molecular complexity index is 485. The maximum atomic E-state index is 11.4. The molecule has 1 unspecified atom stereocenters. The van der Waals surface area contributed by atoms with Gasteiger partial charge in [-0.05, 0) is 30.2 Å². The van der Waals surface area contributed by atoms with Crippen LogP contribution >= 0.6 is 11.6 Å². The van der Waals surface area contributed by atoms with Crippen molar-refractivity contribution in [3.63, 3.8) is 0 Å². The molecule has 0 saturated heterocycles. The topological polar surface area (TPSA) is 98.1 Å². The molecule has 1 rings (SSSR count). The third-order valence-corrected chi connectivity index (χ3v) is 2.99. The van der Waals surface area contributed by atoms with Crippen LogP contribution in [0.2, 0.25) is 5.02 Å². The molecular formula is C12H15ClN4O2. The molecule has 0 radical (unpaired) electrons. The maximum absolute atomic E-state index is 11.4. The minimum absolute atomic E-state index is 0.208. The molecule has 102 valence electrons. The summed E-state index contributed by atoms with van der Waals surface area (Å²) >= 11 is 5.79. The van der Waals surface area contributed by atoms with Crippen LogP contribution in [0.4, 0.5) is 0 Å². The molecule has 1 aromatic rings. The van der Waals surface area contributed by atoms with Gasteiger partial charge in [0, 0.05) is 29.4 Å². The minimum Gasteiger partial charge on any atom is -0.480 e. The summed E-state index contributed by atoms with van der Waals surface area (Å²) in [4.78, 5) is 14.0. The fourth-order valence-corrected chi connectivity index (χ4v) is 1.78. The van der Waals surface area contributed by atoms with E-state index in [2.05, 4.69) is 15.3 Å². The highest BCUT2D eigenvalue weighted by Gasteiger charge is 2.32. The lowest BCUT2D eigenvalue weighted by Gasteiger charge is -2.26. The molecular weight excluding hydrogens is 268 g/mol. The summed E-state index contributed by atoms with van der Waals surface area (Å²) in [5.41, 5.74) is 7.92. The van der Waals surface area contributed by atoms with Gasteiger partial charge in [-0.2, -0.15) is 0 Å². The minimum atomic E-state index is -1.11. The summed E-state index contributed by atoms with van der Waals surface area (Å²) in [5, 5.41) is 16.2. The predicted octanol–water partition coefficient (Wildman–Crippen LogP) is 2.63. The smallest absolute Gasteiger partial charge is 0.323 e. The van der Waals surface area contributed by atoms with Crippen LogP contribution < -0.4 is 5.32 Å². The lowest BCUT2D eigenvalue weighted by atomic mass is 9.93. The number of hydrogen-bond acceptors (Lipinski definition) is 3. The molecule has 0 aliphatic heterocycles. The molecule has 6 nitrogen and oxygen atoms in total. The van der Waals surface area contributed by atoms with Crippen molar-refractivity contribution in [2.24, 2.45) is 5.11 Å². The Morgan fingerprint density at radius 1 is 1.53 bits per heavy atom. The molecule has 1 atom stereocenters. The molecule has 1 aromatic carbocycles. The number of carboxylic acid groups (broad SMARTS) is 1. The van der Waals surface area contributed by atoms with Gasteiger partial charge in [0.2, 0.25) is 0 Å². The highest BCUT2D eigenvalue weighted by Crippen LogP contribution is 2.16. The van der Waals surface area contributed by atoms with Crippen LogP contribution in [0, 0.1) is 0 Å². The van der Waals surface area contributed by atoms with E-state index in [4.69, 9.17) is 17.1 Å². The monoisotopic (exact) mass is 282 g/mol. The van der Waals surface area contributed by atoms with Crippen LogP contribution in [0.5, 0.6) is 0 Å². The standard InChI is InChI=1S/C12H15ClN4O2/c1-12(11(18)19,15-6-7-16-17-14)8-9-2-4-10(13)5-3-9/h2-5,15H,6-8H2,1H3,(H,18,19). The van der Waals surface area contributed by atoms with Crippen molar-refractivity contribution in [1.29, 1.82) is 0 Å². The van der Waals surface area contributed by atoms with E-state index in [-0.39, 0.29) is 6.54 Å². The van der Waals surface area contributed by atoms with Crippen molar-refractivity contribution in [2.45, 2.75) is 18.9 Å². The van der Waals surface area contributed by atoms with Crippen LogP contribution in [0.3, 0.4) is 0 Å². The molecule has 0 heterocycles. The summed E-state index contributed by atoms with van der Waals surface area (Å²) in [6.45, 7) is 2.11. The fraction of sp³-hybridized carbons (Fsp3) is 0.417. The molecule has 7 heteroatoms. The highest BCUT2D eigenvalue weighted by molar-refractivity contribution is 6.30. The van der Waals surface area contributed by atoms with E-state index >= 15 is 0 Å². The Hall–Kier alpha value is -1.75. The van der Waals surface area contributed by atoms with Gasteiger partial charge in [-0.3, -0.25) is 4.79 Å². The molecule has 0 aromatic heterocycles. The highest BCUT2D eigenvalue weighted by atomic mass is 35.5. The van der Waals surface area contributed by atoms with Gasteiger partial charge in [-0.1, -0.05) is 28.8 Å². The summed E-state index contributed by atoms with van der Waals surface area (Å²) < 4.78 is 0. The maximum Gasteiger partial charge on any atom is 0.323 e. The van der Waals surface area contributed by atoms with Crippen LogP contribution in [-0.4, -0.2) is 29.7 Å². The quantitative estimate of drug-likeness (QED) is 0.348. The van der Waals surface area contributed by atoms with Crippen molar-refractivity contribution in [2.75, 3.05) is 13.1 Å². The van der Waals surface area contributed by atoms with Gasteiger partial charge in [0.05, 0.1) is 0 Å². The van der Waals surface area contributed by atoms with E-state index in [0.29, 0.717) is 18.0 Å². The number of carbonyl (C=O) groups is 1. The largest absolute Gasteiger partial charge is 0.480 e. The first-order valence-electron chi connectivity index (χ1n) is 5.71. The third kappa shape index (κ3) is 4.79. The van der Waals surface area contributed by atoms with E-state index in [0.717, 1.165) is 5.56 Å². The molecule has 0 amide bonds. The zero-order chi connectivity index (χ0) is 14.3. The number of nitrogens with one attached hydrogen (secondary N) is 1. The van der Waals surface area contributed by atoms with E-state index in [9.17, 15) is 9.90 Å². The second-order valence-electron chi connectivity index (χ2n) is 4.32. The second kappa shape index (κ2) is 6.99. The zero-order valence-electron chi connectivity index (χ0n) is 10.5.